The lowest BCUT2D eigenvalue weighted by Crippen LogP contribution is -2.19. The van der Waals surface area contributed by atoms with E-state index >= 15 is 0 Å². The summed E-state index contributed by atoms with van der Waals surface area (Å²) in [7, 11) is 0. The van der Waals surface area contributed by atoms with E-state index in [2.05, 4.69) is 28.4 Å². The van der Waals surface area contributed by atoms with Gasteiger partial charge in [0.05, 0.1) is 11.0 Å². The molecule has 0 aliphatic rings. The van der Waals surface area contributed by atoms with E-state index in [1.807, 2.05) is 6.92 Å². The molecule has 1 aromatic carbocycles. The molecule has 0 radical (unpaired) electrons. The van der Waals surface area contributed by atoms with E-state index in [0.29, 0.717) is 0 Å². The van der Waals surface area contributed by atoms with E-state index in [1.54, 1.807) is 6.07 Å². The Bertz CT molecular complexity index is 601. The zero-order valence-electron chi connectivity index (χ0n) is 12.2. The quantitative estimate of drug-likeness (QED) is 0.620. The Balaban J connectivity index is 2.28. The van der Waals surface area contributed by atoms with Crippen molar-refractivity contribution in [3.63, 3.8) is 0 Å². The smallest absolute Gasteiger partial charge is 0.125 e. The molecule has 0 unspecified atom stereocenters. The molecule has 0 atom stereocenters. The Morgan fingerprint density at radius 3 is 2.90 bits per heavy atom. The second kappa shape index (κ2) is 6.66. The Morgan fingerprint density at radius 2 is 2.20 bits per heavy atom. The van der Waals surface area contributed by atoms with Crippen LogP contribution in [0, 0.1) is 5.82 Å². The van der Waals surface area contributed by atoms with Crippen molar-refractivity contribution >= 4 is 11.0 Å². The van der Waals surface area contributed by atoms with Crippen molar-refractivity contribution < 1.29 is 4.39 Å². The zero-order valence-corrected chi connectivity index (χ0v) is 12.2. The summed E-state index contributed by atoms with van der Waals surface area (Å²) in [6.07, 6.45) is 1.96. The van der Waals surface area contributed by atoms with Gasteiger partial charge in [-0.15, -0.1) is 0 Å². The maximum absolute atomic E-state index is 13.3. The van der Waals surface area contributed by atoms with Gasteiger partial charge in [-0.2, -0.15) is 0 Å². The number of benzene rings is 1. The number of hydrogen-bond acceptors (Lipinski definition) is 2. The molecule has 4 heteroatoms. The average molecular weight is 275 g/mol. The Hall–Kier alpha value is -1.68. The summed E-state index contributed by atoms with van der Waals surface area (Å²) in [4.78, 5) is 4.57. The normalized spacial score (nSPS) is 11.2. The van der Waals surface area contributed by atoms with Crippen molar-refractivity contribution in [2.45, 2.75) is 33.2 Å². The van der Waals surface area contributed by atoms with E-state index < -0.39 is 0 Å². The van der Waals surface area contributed by atoms with E-state index in [-0.39, 0.29) is 5.82 Å². The summed E-state index contributed by atoms with van der Waals surface area (Å²) in [5.41, 5.74) is 2.76. The van der Waals surface area contributed by atoms with Gasteiger partial charge in [-0.3, -0.25) is 0 Å². The maximum atomic E-state index is 13.3. The van der Waals surface area contributed by atoms with Gasteiger partial charge in [0.1, 0.15) is 11.6 Å². The van der Waals surface area contributed by atoms with E-state index in [1.165, 1.54) is 12.1 Å². The highest BCUT2D eigenvalue weighted by molar-refractivity contribution is 5.76. The topological polar surface area (TPSA) is 29.9 Å². The Labute approximate surface area is 119 Å². The van der Waals surface area contributed by atoms with Crippen molar-refractivity contribution in [3.05, 3.63) is 42.0 Å². The first-order chi connectivity index (χ1) is 9.61. The summed E-state index contributed by atoms with van der Waals surface area (Å²) in [5.74, 6) is 0.741. The summed E-state index contributed by atoms with van der Waals surface area (Å²) in [6.45, 7) is 10.7. The SMILES string of the molecule is C=C(C)Cn1c(CCNCCC)nc2cc(F)ccc21. The predicted molar refractivity (Wildman–Crippen MR) is 81.4 cm³/mol. The van der Waals surface area contributed by atoms with Crippen LogP contribution in [0.15, 0.2) is 30.4 Å². The third-order valence-electron chi connectivity index (χ3n) is 3.17. The van der Waals surface area contributed by atoms with Crippen LogP contribution in [-0.4, -0.2) is 22.6 Å². The summed E-state index contributed by atoms with van der Waals surface area (Å²) in [5, 5.41) is 3.37. The third kappa shape index (κ3) is 3.45. The molecule has 1 heterocycles. The molecule has 2 rings (SSSR count). The standard InChI is InChI=1S/C16H22FN3/c1-4-8-18-9-7-16-19-14-10-13(17)5-6-15(14)20(16)11-12(2)3/h5-6,10,18H,2,4,7-9,11H2,1,3H3. The number of rotatable bonds is 7. The van der Waals surface area contributed by atoms with Crippen molar-refractivity contribution in [1.82, 2.24) is 14.9 Å². The van der Waals surface area contributed by atoms with Gasteiger partial charge in [0, 0.05) is 25.6 Å². The number of aromatic nitrogens is 2. The number of imidazole rings is 1. The van der Waals surface area contributed by atoms with Crippen molar-refractivity contribution in [2.24, 2.45) is 0 Å². The molecule has 1 aromatic heterocycles. The average Bonchev–Trinajstić information content (AvgIpc) is 2.71. The van der Waals surface area contributed by atoms with Crippen LogP contribution >= 0.6 is 0 Å². The summed E-state index contributed by atoms with van der Waals surface area (Å²) in [6, 6.07) is 4.77. The second-order valence-corrected chi connectivity index (χ2v) is 5.20. The van der Waals surface area contributed by atoms with Crippen LogP contribution in [0.1, 0.15) is 26.1 Å². The van der Waals surface area contributed by atoms with Crippen molar-refractivity contribution in [1.29, 1.82) is 0 Å². The highest BCUT2D eigenvalue weighted by Crippen LogP contribution is 2.19. The molecule has 2 aromatic rings. The molecule has 3 nitrogen and oxygen atoms in total. The number of fused-ring (bicyclic) bond motifs is 1. The number of halogens is 1. The molecule has 0 bridgehead atoms. The fraction of sp³-hybridized carbons (Fsp3) is 0.438. The minimum atomic E-state index is -0.242. The fourth-order valence-electron chi connectivity index (χ4n) is 2.29. The molecule has 20 heavy (non-hydrogen) atoms. The molecule has 0 saturated heterocycles. The zero-order chi connectivity index (χ0) is 14.5. The van der Waals surface area contributed by atoms with Crippen molar-refractivity contribution in [3.8, 4) is 0 Å². The van der Waals surface area contributed by atoms with Gasteiger partial charge in [0.15, 0.2) is 0 Å². The Kier molecular flexibility index (Phi) is 4.90. The van der Waals surface area contributed by atoms with Gasteiger partial charge in [0.25, 0.3) is 0 Å². The van der Waals surface area contributed by atoms with Gasteiger partial charge in [-0.25, -0.2) is 9.37 Å². The van der Waals surface area contributed by atoms with Crippen LogP contribution in [-0.2, 0) is 13.0 Å². The van der Waals surface area contributed by atoms with Gasteiger partial charge < -0.3 is 9.88 Å². The molecule has 0 aliphatic heterocycles. The lowest BCUT2D eigenvalue weighted by molar-refractivity contribution is 0.629. The van der Waals surface area contributed by atoms with Crippen LogP contribution in [0.5, 0.6) is 0 Å². The summed E-state index contributed by atoms with van der Waals surface area (Å²) < 4.78 is 15.4. The number of nitrogens with zero attached hydrogens (tertiary/aromatic N) is 2. The largest absolute Gasteiger partial charge is 0.324 e. The minimum Gasteiger partial charge on any atom is -0.324 e. The molecule has 0 amide bonds. The van der Waals surface area contributed by atoms with Crippen LogP contribution in [0.2, 0.25) is 0 Å². The predicted octanol–water partition coefficient (Wildman–Crippen LogP) is 3.29. The molecule has 0 spiro atoms. The molecular weight excluding hydrogens is 253 g/mol. The van der Waals surface area contributed by atoms with Crippen LogP contribution < -0.4 is 5.32 Å². The fourth-order valence-corrected chi connectivity index (χ4v) is 2.29. The molecule has 108 valence electrons. The van der Waals surface area contributed by atoms with Gasteiger partial charge in [-0.05, 0) is 32.0 Å². The minimum absolute atomic E-state index is 0.242. The highest BCUT2D eigenvalue weighted by atomic mass is 19.1. The van der Waals surface area contributed by atoms with Gasteiger partial charge >= 0.3 is 0 Å². The molecular formula is C16H22FN3. The molecule has 0 saturated carbocycles. The number of nitrogens with one attached hydrogen (secondary N) is 1. The first-order valence-electron chi connectivity index (χ1n) is 7.11. The lowest BCUT2D eigenvalue weighted by Gasteiger charge is -2.09. The van der Waals surface area contributed by atoms with Gasteiger partial charge in [0.2, 0.25) is 0 Å². The molecule has 0 fully saturated rings. The number of allylic oxidation sites excluding steroid dienone is 1. The molecule has 1 N–H and O–H groups in total. The number of hydrogen-bond donors (Lipinski definition) is 1. The maximum Gasteiger partial charge on any atom is 0.125 e. The summed E-state index contributed by atoms with van der Waals surface area (Å²) >= 11 is 0. The highest BCUT2D eigenvalue weighted by Gasteiger charge is 2.11. The second-order valence-electron chi connectivity index (χ2n) is 5.20. The van der Waals surface area contributed by atoms with E-state index in [0.717, 1.165) is 54.9 Å². The van der Waals surface area contributed by atoms with Gasteiger partial charge in [-0.1, -0.05) is 19.1 Å². The first kappa shape index (κ1) is 14.7. The van der Waals surface area contributed by atoms with Crippen LogP contribution in [0.25, 0.3) is 11.0 Å². The van der Waals surface area contributed by atoms with E-state index in [9.17, 15) is 4.39 Å². The molecule has 0 aliphatic carbocycles. The van der Waals surface area contributed by atoms with E-state index in [4.69, 9.17) is 0 Å². The third-order valence-corrected chi connectivity index (χ3v) is 3.17. The lowest BCUT2D eigenvalue weighted by atomic mass is 10.3. The van der Waals surface area contributed by atoms with Crippen molar-refractivity contribution in [2.75, 3.05) is 13.1 Å². The monoisotopic (exact) mass is 275 g/mol. The first-order valence-corrected chi connectivity index (χ1v) is 7.11. The van der Waals surface area contributed by atoms with Crippen LogP contribution in [0.4, 0.5) is 4.39 Å². The Morgan fingerprint density at radius 1 is 1.40 bits per heavy atom. The van der Waals surface area contributed by atoms with Crippen LogP contribution in [0.3, 0.4) is 0 Å².